The molecule has 0 aliphatic carbocycles. The van der Waals surface area contributed by atoms with E-state index in [1.54, 1.807) is 29.8 Å². The van der Waals surface area contributed by atoms with Crippen molar-refractivity contribution in [1.29, 1.82) is 0 Å². The SMILES string of the molecule is C.C.CC1(C)OB(c2cnc(OCC(F)(F)F)c(F)c2)OC1(C)C.COCc1nnc2ccc(-c3cnc(OCC(F)(F)F)c(F)c3)cn12.COCc1nnc2ccc(Br)cn12. The quantitative estimate of drug-likeness (QED) is 0.0962. The van der Waals surface area contributed by atoms with Gasteiger partial charge in [-0.2, -0.15) is 26.3 Å². The van der Waals surface area contributed by atoms with Crippen LogP contribution in [0.5, 0.6) is 11.8 Å². The Kier molecular flexibility index (Phi) is 17.3. The summed E-state index contributed by atoms with van der Waals surface area (Å²) in [6.45, 7) is 4.82. The van der Waals surface area contributed by atoms with Gasteiger partial charge in [0.15, 0.2) is 47.8 Å². The minimum atomic E-state index is -4.57. The monoisotopic (exact) mass is 950 g/mol. The second-order valence-corrected chi connectivity index (χ2v) is 14.7. The van der Waals surface area contributed by atoms with Crippen molar-refractivity contribution < 1.29 is 63.4 Å². The molecule has 0 amide bonds. The number of halogens is 9. The van der Waals surface area contributed by atoms with Gasteiger partial charge in [0.1, 0.15) is 13.2 Å². The number of hydrogen-bond donors (Lipinski definition) is 0. The molecule has 14 nitrogen and oxygen atoms in total. The fourth-order valence-electron chi connectivity index (χ4n) is 5.12. The fraction of sp³-hybridized carbons (Fsp3) is 0.421. The van der Waals surface area contributed by atoms with Gasteiger partial charge in [0.05, 0.1) is 11.2 Å². The number of nitrogens with zero attached hydrogens (tertiary/aromatic N) is 8. The smallest absolute Gasteiger partial charge is 0.466 e. The van der Waals surface area contributed by atoms with Crippen LogP contribution in [0.3, 0.4) is 0 Å². The second kappa shape index (κ2) is 20.9. The zero-order valence-electron chi connectivity index (χ0n) is 32.6. The first-order valence-corrected chi connectivity index (χ1v) is 18.3. The molecule has 0 saturated carbocycles. The van der Waals surface area contributed by atoms with Gasteiger partial charge in [0, 0.05) is 60.1 Å². The Morgan fingerprint density at radius 2 is 1.13 bits per heavy atom. The van der Waals surface area contributed by atoms with E-state index in [9.17, 15) is 35.1 Å². The van der Waals surface area contributed by atoms with Gasteiger partial charge in [-0.05, 0) is 80.0 Å². The summed E-state index contributed by atoms with van der Waals surface area (Å²) in [7, 11) is 2.31. The molecule has 1 saturated heterocycles. The Balaban J connectivity index is 0.000000254. The number of pyridine rings is 4. The van der Waals surface area contributed by atoms with E-state index in [-0.39, 0.29) is 26.9 Å². The van der Waals surface area contributed by atoms with Crippen molar-refractivity contribution in [1.82, 2.24) is 39.2 Å². The predicted molar refractivity (Wildman–Crippen MR) is 215 cm³/mol. The van der Waals surface area contributed by atoms with Crippen LogP contribution in [-0.4, -0.2) is 97.3 Å². The molecule has 0 spiro atoms. The van der Waals surface area contributed by atoms with E-state index in [0.717, 1.165) is 28.1 Å². The van der Waals surface area contributed by atoms with E-state index < -0.39 is 67.3 Å². The van der Waals surface area contributed by atoms with Gasteiger partial charge < -0.3 is 28.3 Å². The lowest BCUT2D eigenvalue weighted by atomic mass is 9.80. The molecule has 0 unspecified atom stereocenters. The van der Waals surface area contributed by atoms with Gasteiger partial charge in [0.25, 0.3) is 11.8 Å². The molecule has 24 heteroatoms. The Labute approximate surface area is 360 Å². The molecule has 0 aromatic carbocycles. The van der Waals surface area contributed by atoms with E-state index in [1.165, 1.54) is 19.5 Å². The highest BCUT2D eigenvalue weighted by Gasteiger charge is 2.52. The molecule has 7 rings (SSSR count). The van der Waals surface area contributed by atoms with E-state index in [1.807, 2.05) is 50.4 Å². The molecule has 1 aliphatic heterocycles. The molecule has 6 aromatic heterocycles. The standard InChI is InChI=1S/C15H12F4N4O2.C13H16BF4NO3.C8H8BrN3O.2CH4/c1-24-7-13-22-21-12-3-2-9(6-23(12)13)10-4-11(16)14(20-5-10)25-8-15(17,18)19;1-11(2)12(3,4)22-14(21-11)8-5-9(15)10(19-6-8)20-7-13(16,17)18;1-13-5-8-11-10-7-3-2-6(9)4-12(7)8;;/h2-6H,7-8H2,1H3;5-6H,7H2,1-4H3;2-4H,5H2,1H3;2*1H4. The lowest BCUT2D eigenvalue weighted by Gasteiger charge is -2.32. The summed E-state index contributed by atoms with van der Waals surface area (Å²) < 4.78 is 135. The first-order valence-electron chi connectivity index (χ1n) is 17.5. The fourth-order valence-corrected chi connectivity index (χ4v) is 5.46. The molecule has 7 heterocycles. The molecule has 1 fully saturated rings. The van der Waals surface area contributed by atoms with Crippen molar-refractivity contribution in [3.05, 3.63) is 88.9 Å². The van der Waals surface area contributed by atoms with Crippen molar-refractivity contribution in [2.75, 3.05) is 27.4 Å². The largest absolute Gasteiger partial charge is 0.496 e. The third-order valence-corrected chi connectivity index (χ3v) is 9.17. The summed E-state index contributed by atoms with van der Waals surface area (Å²) in [6.07, 6.45) is -3.13. The molecular weight excluding hydrogens is 907 g/mol. The van der Waals surface area contributed by atoms with E-state index in [2.05, 4.69) is 55.8 Å². The average Bonchev–Trinajstić information content (AvgIpc) is 3.82. The van der Waals surface area contributed by atoms with Crippen LogP contribution in [0.25, 0.3) is 22.4 Å². The molecule has 1 aliphatic rings. The first-order chi connectivity index (χ1) is 28.1. The number of fused-ring (bicyclic) bond motifs is 2. The topological polar surface area (TPSA) is 142 Å². The molecule has 338 valence electrons. The molecule has 6 aromatic rings. The number of hydrogen-bond acceptors (Lipinski definition) is 12. The van der Waals surface area contributed by atoms with Crippen LogP contribution in [-0.2, 0) is 32.0 Å². The first kappa shape index (κ1) is 51.3. The normalized spacial score (nSPS) is 14.3. The van der Waals surface area contributed by atoms with Crippen LogP contribution in [0, 0.1) is 11.6 Å². The molecule has 0 N–H and O–H groups in total. The summed E-state index contributed by atoms with van der Waals surface area (Å²) in [5.74, 6) is -2.04. The second-order valence-electron chi connectivity index (χ2n) is 13.8. The average molecular weight is 952 g/mol. The predicted octanol–water partition coefficient (Wildman–Crippen LogP) is 8.39. The summed E-state index contributed by atoms with van der Waals surface area (Å²) in [4.78, 5) is 7.19. The maximum absolute atomic E-state index is 14.0. The Bertz CT molecular complexity index is 2380. The van der Waals surface area contributed by atoms with Crippen LogP contribution in [0.1, 0.15) is 54.2 Å². The highest BCUT2D eigenvalue weighted by molar-refractivity contribution is 9.10. The van der Waals surface area contributed by atoms with Gasteiger partial charge in [-0.1, -0.05) is 14.9 Å². The summed E-state index contributed by atoms with van der Waals surface area (Å²) in [5, 5.41) is 15.9. The Hall–Kier alpha value is -5.04. The highest BCUT2D eigenvalue weighted by Crippen LogP contribution is 2.36. The Morgan fingerprint density at radius 3 is 1.60 bits per heavy atom. The van der Waals surface area contributed by atoms with Crippen LogP contribution < -0.4 is 14.9 Å². The molecule has 0 atom stereocenters. The van der Waals surface area contributed by atoms with E-state index in [0.29, 0.717) is 29.2 Å². The van der Waals surface area contributed by atoms with Crippen molar-refractivity contribution in [3.63, 3.8) is 0 Å². The van der Waals surface area contributed by atoms with Gasteiger partial charge >= 0.3 is 19.5 Å². The molecule has 0 radical (unpaired) electrons. The van der Waals surface area contributed by atoms with E-state index >= 15 is 0 Å². The van der Waals surface area contributed by atoms with Crippen LogP contribution in [0.15, 0.2) is 65.7 Å². The minimum absolute atomic E-state index is 0. The third kappa shape index (κ3) is 13.2. The zero-order valence-corrected chi connectivity index (χ0v) is 34.2. The van der Waals surface area contributed by atoms with Crippen molar-refractivity contribution >= 4 is 39.8 Å². The number of alkyl halides is 6. The molecule has 62 heavy (non-hydrogen) atoms. The lowest BCUT2D eigenvalue weighted by molar-refractivity contribution is -0.155. The van der Waals surface area contributed by atoms with Crippen LogP contribution in [0.4, 0.5) is 35.1 Å². The van der Waals surface area contributed by atoms with Gasteiger partial charge in [0.2, 0.25) is 0 Å². The van der Waals surface area contributed by atoms with Gasteiger partial charge in [-0.3, -0.25) is 8.80 Å². The lowest BCUT2D eigenvalue weighted by Crippen LogP contribution is -2.41. The maximum Gasteiger partial charge on any atom is 0.496 e. The van der Waals surface area contributed by atoms with Crippen molar-refractivity contribution in [3.8, 4) is 22.9 Å². The highest BCUT2D eigenvalue weighted by atomic mass is 79.9. The summed E-state index contributed by atoms with van der Waals surface area (Å²) in [5.41, 5.74) is 1.41. The van der Waals surface area contributed by atoms with Gasteiger partial charge in [-0.25, -0.2) is 18.7 Å². The third-order valence-electron chi connectivity index (χ3n) is 8.70. The van der Waals surface area contributed by atoms with Crippen LogP contribution >= 0.6 is 15.9 Å². The van der Waals surface area contributed by atoms with Crippen molar-refractivity contribution in [2.24, 2.45) is 0 Å². The number of methoxy groups -OCH3 is 2. The Morgan fingerprint density at radius 1 is 0.661 bits per heavy atom. The summed E-state index contributed by atoms with van der Waals surface area (Å²) >= 11 is 3.39. The van der Waals surface area contributed by atoms with Gasteiger partial charge in [-0.15, -0.1) is 20.4 Å². The molecular formula is C38H44BBrF8N8O6. The number of rotatable bonds is 10. The zero-order chi connectivity index (χ0) is 44.0. The molecule has 0 bridgehead atoms. The minimum Gasteiger partial charge on any atom is -0.466 e. The maximum atomic E-state index is 14.0. The van der Waals surface area contributed by atoms with E-state index in [4.69, 9.17) is 18.8 Å². The summed E-state index contributed by atoms with van der Waals surface area (Å²) in [6, 6.07) is 9.23. The van der Waals surface area contributed by atoms with Crippen LogP contribution in [0.2, 0.25) is 0 Å². The number of aromatic nitrogens is 8. The number of ether oxygens (including phenoxy) is 4. The van der Waals surface area contributed by atoms with Crippen molar-refractivity contribution in [2.45, 2.75) is 79.3 Å².